The van der Waals surface area contributed by atoms with Crippen LogP contribution in [0.1, 0.15) is 31.0 Å². The normalized spacial score (nSPS) is 11.2. The number of halogens is 2. The molecule has 0 bridgehead atoms. The van der Waals surface area contributed by atoms with Crippen LogP contribution in [0.2, 0.25) is 10.0 Å². The minimum atomic E-state index is -0.881. The van der Waals surface area contributed by atoms with Gasteiger partial charge in [-0.15, -0.1) is 0 Å². The van der Waals surface area contributed by atoms with E-state index >= 15 is 0 Å². The van der Waals surface area contributed by atoms with Gasteiger partial charge in [0.15, 0.2) is 0 Å². The fourth-order valence-corrected chi connectivity index (χ4v) is 2.29. The molecule has 0 radical (unpaired) electrons. The Bertz CT molecular complexity index is 653. The monoisotopic (exact) mass is 297 g/mol. The summed E-state index contributed by atoms with van der Waals surface area (Å²) < 4.78 is 0. The Morgan fingerprint density at radius 1 is 1.37 bits per heavy atom. The Labute approximate surface area is 121 Å². The molecule has 2 aromatic rings. The number of benzene rings is 1. The highest BCUT2D eigenvalue weighted by atomic mass is 35.5. The largest absolute Gasteiger partial charge is 0.481 e. The second-order valence-electron chi connectivity index (χ2n) is 4.69. The van der Waals surface area contributed by atoms with Gasteiger partial charge in [-0.25, -0.2) is 0 Å². The molecule has 0 atom stereocenters. The smallest absolute Gasteiger partial charge is 0.307 e. The number of carboxylic acids is 1. The highest BCUT2D eigenvalue weighted by Crippen LogP contribution is 2.32. The topological polar surface area (TPSA) is 50.2 Å². The van der Waals surface area contributed by atoms with Crippen LogP contribution in [0, 0.1) is 0 Å². The molecule has 0 saturated heterocycles. The van der Waals surface area contributed by atoms with Gasteiger partial charge in [-0.2, -0.15) is 0 Å². The molecule has 1 N–H and O–H groups in total. The van der Waals surface area contributed by atoms with Crippen molar-refractivity contribution in [2.45, 2.75) is 26.2 Å². The van der Waals surface area contributed by atoms with E-state index < -0.39 is 5.97 Å². The summed E-state index contributed by atoms with van der Waals surface area (Å²) in [6.07, 6.45) is -0.0588. The van der Waals surface area contributed by atoms with Crippen LogP contribution in [0.5, 0.6) is 0 Å². The van der Waals surface area contributed by atoms with Crippen LogP contribution in [-0.4, -0.2) is 16.1 Å². The number of aromatic nitrogens is 1. The van der Waals surface area contributed by atoms with Gasteiger partial charge < -0.3 is 5.11 Å². The van der Waals surface area contributed by atoms with Crippen LogP contribution < -0.4 is 0 Å². The Morgan fingerprint density at radius 2 is 2.05 bits per heavy atom. The number of nitrogens with zero attached hydrogens (tertiary/aromatic N) is 1. The van der Waals surface area contributed by atoms with Crippen molar-refractivity contribution < 1.29 is 9.90 Å². The molecule has 1 heterocycles. The van der Waals surface area contributed by atoms with E-state index in [4.69, 9.17) is 28.3 Å². The second kappa shape index (κ2) is 5.35. The molecule has 0 fully saturated rings. The van der Waals surface area contributed by atoms with Crippen molar-refractivity contribution >= 4 is 40.1 Å². The maximum absolute atomic E-state index is 11.0. The second-order valence-corrected chi connectivity index (χ2v) is 5.47. The van der Waals surface area contributed by atoms with E-state index in [0.717, 1.165) is 11.1 Å². The molecule has 2 rings (SSSR count). The number of pyridine rings is 1. The predicted octanol–water partition coefficient (Wildman–Crippen LogP) is 4.29. The summed E-state index contributed by atoms with van der Waals surface area (Å²) in [7, 11) is 0. The van der Waals surface area contributed by atoms with Crippen molar-refractivity contribution in [3.63, 3.8) is 0 Å². The van der Waals surface area contributed by atoms with Crippen molar-refractivity contribution in [2.75, 3.05) is 0 Å². The number of aliphatic carboxylic acids is 1. The van der Waals surface area contributed by atoms with Crippen LogP contribution in [0.15, 0.2) is 18.2 Å². The van der Waals surface area contributed by atoms with E-state index in [1.807, 2.05) is 19.9 Å². The summed E-state index contributed by atoms with van der Waals surface area (Å²) >= 11 is 12.2. The number of hydrogen-bond acceptors (Lipinski definition) is 2. The zero-order valence-corrected chi connectivity index (χ0v) is 12.1. The molecule has 0 amide bonds. The summed E-state index contributed by atoms with van der Waals surface area (Å²) in [4.78, 5) is 15.5. The minimum Gasteiger partial charge on any atom is -0.481 e. The maximum Gasteiger partial charge on any atom is 0.307 e. The maximum atomic E-state index is 11.0. The van der Waals surface area contributed by atoms with Gasteiger partial charge in [0.25, 0.3) is 0 Å². The van der Waals surface area contributed by atoms with Crippen molar-refractivity contribution in [1.29, 1.82) is 0 Å². The molecule has 100 valence electrons. The van der Waals surface area contributed by atoms with E-state index in [9.17, 15) is 4.79 Å². The van der Waals surface area contributed by atoms with Crippen molar-refractivity contribution in [3.05, 3.63) is 39.5 Å². The SMILES string of the molecule is CC(C)c1cc(CC(=O)O)c2ccc(Cl)c(Cl)c2n1. The first kappa shape index (κ1) is 14.1. The third-order valence-corrected chi connectivity index (χ3v) is 3.71. The van der Waals surface area contributed by atoms with Gasteiger partial charge in [-0.05, 0) is 23.6 Å². The van der Waals surface area contributed by atoms with E-state index in [-0.39, 0.29) is 12.3 Å². The number of hydrogen-bond donors (Lipinski definition) is 1. The van der Waals surface area contributed by atoms with E-state index in [1.54, 1.807) is 12.1 Å². The minimum absolute atomic E-state index is 0.0588. The van der Waals surface area contributed by atoms with Gasteiger partial charge >= 0.3 is 5.97 Å². The standard InChI is InChI=1S/C14H13Cl2NO2/c1-7(2)11-5-8(6-12(18)19)9-3-4-10(15)13(16)14(9)17-11/h3-5,7H,6H2,1-2H3,(H,18,19). The van der Waals surface area contributed by atoms with E-state index in [1.165, 1.54) is 0 Å². The summed E-state index contributed by atoms with van der Waals surface area (Å²) in [5.41, 5.74) is 2.09. The van der Waals surface area contributed by atoms with Crippen LogP contribution >= 0.6 is 23.2 Å². The fourth-order valence-electron chi connectivity index (χ4n) is 1.93. The molecular weight excluding hydrogens is 285 g/mol. The quantitative estimate of drug-likeness (QED) is 0.919. The first-order chi connectivity index (χ1) is 8.90. The lowest BCUT2D eigenvalue weighted by Gasteiger charge is -2.12. The number of rotatable bonds is 3. The van der Waals surface area contributed by atoms with Gasteiger partial charge in [0.05, 0.1) is 22.0 Å². The molecule has 0 aliphatic rings. The Balaban J connectivity index is 2.77. The molecule has 0 saturated carbocycles. The van der Waals surface area contributed by atoms with Crippen molar-refractivity contribution in [2.24, 2.45) is 0 Å². The first-order valence-electron chi connectivity index (χ1n) is 5.89. The third-order valence-electron chi connectivity index (χ3n) is 2.91. The average molecular weight is 298 g/mol. The molecule has 0 unspecified atom stereocenters. The van der Waals surface area contributed by atoms with Crippen LogP contribution in [-0.2, 0) is 11.2 Å². The van der Waals surface area contributed by atoms with E-state index in [0.29, 0.717) is 21.1 Å². The van der Waals surface area contributed by atoms with E-state index in [2.05, 4.69) is 4.98 Å². The molecule has 0 aliphatic heterocycles. The summed E-state index contributed by atoms with van der Waals surface area (Å²) in [5.74, 6) is -0.694. The lowest BCUT2D eigenvalue weighted by atomic mass is 10.0. The van der Waals surface area contributed by atoms with Gasteiger partial charge in [0.2, 0.25) is 0 Å². The molecule has 1 aromatic carbocycles. The van der Waals surface area contributed by atoms with Crippen molar-refractivity contribution in [3.8, 4) is 0 Å². The molecule has 0 aliphatic carbocycles. The molecule has 5 heteroatoms. The Kier molecular flexibility index (Phi) is 3.97. The Hall–Kier alpha value is -1.32. The molecule has 3 nitrogen and oxygen atoms in total. The highest BCUT2D eigenvalue weighted by Gasteiger charge is 2.14. The van der Waals surface area contributed by atoms with Crippen molar-refractivity contribution in [1.82, 2.24) is 4.98 Å². The van der Waals surface area contributed by atoms with Gasteiger partial charge in [0, 0.05) is 11.1 Å². The van der Waals surface area contributed by atoms with Crippen LogP contribution in [0.25, 0.3) is 10.9 Å². The van der Waals surface area contributed by atoms with Gasteiger partial charge in [-0.3, -0.25) is 9.78 Å². The Morgan fingerprint density at radius 3 is 2.63 bits per heavy atom. The first-order valence-corrected chi connectivity index (χ1v) is 6.65. The molecular formula is C14H13Cl2NO2. The molecule has 19 heavy (non-hydrogen) atoms. The van der Waals surface area contributed by atoms with Gasteiger partial charge in [0.1, 0.15) is 0 Å². The fraction of sp³-hybridized carbons (Fsp3) is 0.286. The highest BCUT2D eigenvalue weighted by molar-refractivity contribution is 6.45. The van der Waals surface area contributed by atoms with Crippen LogP contribution in [0.3, 0.4) is 0 Å². The number of carbonyl (C=O) groups is 1. The predicted molar refractivity (Wildman–Crippen MR) is 77.2 cm³/mol. The number of fused-ring (bicyclic) bond motifs is 1. The lowest BCUT2D eigenvalue weighted by molar-refractivity contribution is -0.136. The summed E-state index contributed by atoms with van der Waals surface area (Å²) in [6.45, 7) is 3.99. The van der Waals surface area contributed by atoms with Gasteiger partial charge in [-0.1, -0.05) is 43.1 Å². The lowest BCUT2D eigenvalue weighted by Crippen LogP contribution is -2.04. The average Bonchev–Trinajstić information content (AvgIpc) is 2.33. The zero-order valence-electron chi connectivity index (χ0n) is 10.6. The zero-order chi connectivity index (χ0) is 14.2. The molecule has 0 spiro atoms. The summed E-state index contributed by atoms with van der Waals surface area (Å²) in [5, 5.41) is 10.5. The molecule has 1 aromatic heterocycles. The van der Waals surface area contributed by atoms with Crippen LogP contribution in [0.4, 0.5) is 0 Å². The summed E-state index contributed by atoms with van der Waals surface area (Å²) in [6, 6.07) is 5.25. The third kappa shape index (κ3) is 2.82. The number of carboxylic acid groups (broad SMARTS) is 1.